The molecule has 0 spiro atoms. The highest BCUT2D eigenvalue weighted by Crippen LogP contribution is 1.96. The molecule has 1 rings (SSSR count). The molecule has 1 amide bonds. The smallest absolute Gasteiger partial charge is 0.254 e. The molecule has 1 atom stereocenters. The van der Waals surface area contributed by atoms with Crippen LogP contribution in [-0.2, 0) is 0 Å². The topological polar surface area (TPSA) is 78.0 Å². The van der Waals surface area contributed by atoms with Crippen molar-refractivity contribution in [3.05, 3.63) is 18.0 Å². The summed E-state index contributed by atoms with van der Waals surface area (Å²) in [5, 5.41) is 17.7. The van der Waals surface area contributed by atoms with Crippen molar-refractivity contribution >= 4 is 5.91 Å². The van der Waals surface area contributed by atoms with Gasteiger partial charge in [-0.3, -0.25) is 9.89 Å². The number of aromatic nitrogens is 2. The Morgan fingerprint density at radius 1 is 1.85 bits per heavy atom. The summed E-state index contributed by atoms with van der Waals surface area (Å²) in [5.41, 5.74) is 0.479. The van der Waals surface area contributed by atoms with Crippen LogP contribution in [0.15, 0.2) is 12.4 Å². The normalized spacial score (nSPS) is 12.5. The van der Waals surface area contributed by atoms with Gasteiger partial charge in [0, 0.05) is 6.20 Å². The summed E-state index contributed by atoms with van der Waals surface area (Å²) in [6.45, 7) is 1.86. The van der Waals surface area contributed by atoms with Crippen LogP contribution < -0.4 is 5.32 Å². The van der Waals surface area contributed by atoms with E-state index in [-0.39, 0.29) is 18.6 Å². The first-order valence-corrected chi connectivity index (χ1v) is 4.18. The van der Waals surface area contributed by atoms with Gasteiger partial charge < -0.3 is 10.4 Å². The molecule has 13 heavy (non-hydrogen) atoms. The van der Waals surface area contributed by atoms with Crippen molar-refractivity contribution < 1.29 is 9.90 Å². The number of carbonyl (C=O) groups excluding carboxylic acids is 1. The number of nitrogens with zero attached hydrogens (tertiary/aromatic N) is 1. The number of carbonyl (C=O) groups is 1. The highest BCUT2D eigenvalue weighted by Gasteiger charge is 2.11. The quantitative estimate of drug-likeness (QED) is 0.610. The van der Waals surface area contributed by atoms with Gasteiger partial charge >= 0.3 is 0 Å². The molecule has 0 fully saturated rings. The van der Waals surface area contributed by atoms with Crippen LogP contribution in [-0.4, -0.2) is 33.9 Å². The molecule has 72 valence electrons. The standard InChI is InChI=1S/C8H13N3O2/c1-2-7(5-12)11-8(13)6-3-9-10-4-6/h3-4,7,12H,2,5H2,1H3,(H,9,10)(H,11,13). The first kappa shape index (κ1) is 9.73. The lowest BCUT2D eigenvalue weighted by Gasteiger charge is -2.12. The van der Waals surface area contributed by atoms with E-state index in [1.807, 2.05) is 6.92 Å². The second-order valence-corrected chi connectivity index (χ2v) is 2.75. The average Bonchev–Trinajstić information content (AvgIpc) is 2.66. The Balaban J connectivity index is 2.50. The Kier molecular flexibility index (Phi) is 3.45. The predicted molar refractivity (Wildman–Crippen MR) is 47.2 cm³/mol. The highest BCUT2D eigenvalue weighted by molar-refractivity contribution is 5.93. The van der Waals surface area contributed by atoms with Crippen molar-refractivity contribution in [3.63, 3.8) is 0 Å². The second kappa shape index (κ2) is 4.61. The maximum atomic E-state index is 11.4. The average molecular weight is 183 g/mol. The SMILES string of the molecule is CCC(CO)NC(=O)c1cn[nH]c1. The fraction of sp³-hybridized carbons (Fsp3) is 0.500. The Hall–Kier alpha value is -1.36. The summed E-state index contributed by atoms with van der Waals surface area (Å²) < 4.78 is 0. The Morgan fingerprint density at radius 2 is 2.62 bits per heavy atom. The molecule has 0 bridgehead atoms. The number of aliphatic hydroxyl groups excluding tert-OH is 1. The van der Waals surface area contributed by atoms with Crippen LogP contribution in [0.3, 0.4) is 0 Å². The largest absolute Gasteiger partial charge is 0.394 e. The van der Waals surface area contributed by atoms with Gasteiger partial charge in [-0.25, -0.2) is 0 Å². The second-order valence-electron chi connectivity index (χ2n) is 2.75. The minimum Gasteiger partial charge on any atom is -0.394 e. The van der Waals surface area contributed by atoms with Crippen molar-refractivity contribution in [2.24, 2.45) is 0 Å². The monoisotopic (exact) mass is 183 g/mol. The van der Waals surface area contributed by atoms with E-state index in [2.05, 4.69) is 15.5 Å². The van der Waals surface area contributed by atoms with Crippen LogP contribution in [0.25, 0.3) is 0 Å². The molecule has 0 aliphatic heterocycles. The van der Waals surface area contributed by atoms with E-state index in [1.165, 1.54) is 12.4 Å². The predicted octanol–water partition coefficient (Wildman–Crippen LogP) is -0.0896. The van der Waals surface area contributed by atoms with Crippen LogP contribution in [0.5, 0.6) is 0 Å². The van der Waals surface area contributed by atoms with Crippen LogP contribution in [0.4, 0.5) is 0 Å². The molecule has 1 aromatic rings. The number of hydrogen-bond donors (Lipinski definition) is 3. The van der Waals surface area contributed by atoms with Gasteiger partial charge in [0.05, 0.1) is 24.4 Å². The molecule has 0 saturated carbocycles. The van der Waals surface area contributed by atoms with Crippen molar-refractivity contribution in [1.29, 1.82) is 0 Å². The number of nitrogens with one attached hydrogen (secondary N) is 2. The Morgan fingerprint density at radius 3 is 3.08 bits per heavy atom. The van der Waals surface area contributed by atoms with Gasteiger partial charge in [-0.05, 0) is 6.42 Å². The van der Waals surface area contributed by atoms with Gasteiger partial charge in [0.15, 0.2) is 0 Å². The summed E-state index contributed by atoms with van der Waals surface area (Å²) in [4.78, 5) is 11.4. The lowest BCUT2D eigenvalue weighted by molar-refractivity contribution is 0.0915. The van der Waals surface area contributed by atoms with E-state index in [4.69, 9.17) is 5.11 Å². The maximum Gasteiger partial charge on any atom is 0.254 e. The van der Waals surface area contributed by atoms with Crippen LogP contribution >= 0.6 is 0 Å². The lowest BCUT2D eigenvalue weighted by atomic mass is 10.2. The Bertz CT molecular complexity index is 254. The van der Waals surface area contributed by atoms with Gasteiger partial charge in [0.1, 0.15) is 0 Å². The molecule has 0 aromatic carbocycles. The van der Waals surface area contributed by atoms with Crippen LogP contribution in [0.2, 0.25) is 0 Å². The van der Waals surface area contributed by atoms with Crippen molar-refractivity contribution in [2.45, 2.75) is 19.4 Å². The van der Waals surface area contributed by atoms with Crippen molar-refractivity contribution in [2.75, 3.05) is 6.61 Å². The third-order valence-corrected chi connectivity index (χ3v) is 1.81. The zero-order chi connectivity index (χ0) is 9.68. The van der Waals surface area contributed by atoms with E-state index in [0.717, 1.165) is 0 Å². The van der Waals surface area contributed by atoms with E-state index < -0.39 is 0 Å². The number of rotatable bonds is 4. The molecule has 5 heteroatoms. The highest BCUT2D eigenvalue weighted by atomic mass is 16.3. The molecule has 0 aliphatic carbocycles. The number of aromatic amines is 1. The molecular weight excluding hydrogens is 170 g/mol. The third-order valence-electron chi connectivity index (χ3n) is 1.81. The maximum absolute atomic E-state index is 11.4. The molecule has 1 unspecified atom stereocenters. The van der Waals surface area contributed by atoms with E-state index in [0.29, 0.717) is 12.0 Å². The summed E-state index contributed by atoms with van der Waals surface area (Å²) in [6, 6.07) is -0.178. The fourth-order valence-electron chi connectivity index (χ4n) is 0.921. The van der Waals surface area contributed by atoms with Gasteiger partial charge in [-0.15, -0.1) is 0 Å². The van der Waals surface area contributed by atoms with E-state index in [1.54, 1.807) is 0 Å². The minimum atomic E-state index is -0.213. The first-order valence-electron chi connectivity index (χ1n) is 4.18. The zero-order valence-electron chi connectivity index (χ0n) is 7.45. The molecule has 1 aromatic heterocycles. The number of H-pyrrole nitrogens is 1. The van der Waals surface area contributed by atoms with Gasteiger partial charge in [-0.2, -0.15) is 5.10 Å². The van der Waals surface area contributed by atoms with Crippen molar-refractivity contribution in [3.8, 4) is 0 Å². The zero-order valence-corrected chi connectivity index (χ0v) is 7.45. The minimum absolute atomic E-state index is 0.0416. The molecule has 0 aliphatic rings. The number of hydrogen-bond acceptors (Lipinski definition) is 3. The lowest BCUT2D eigenvalue weighted by Crippen LogP contribution is -2.36. The van der Waals surface area contributed by atoms with E-state index in [9.17, 15) is 4.79 Å². The molecule has 1 heterocycles. The third kappa shape index (κ3) is 2.55. The Labute approximate surface area is 76.2 Å². The summed E-state index contributed by atoms with van der Waals surface area (Å²) >= 11 is 0. The molecule has 0 radical (unpaired) electrons. The fourth-order valence-corrected chi connectivity index (χ4v) is 0.921. The van der Waals surface area contributed by atoms with Crippen LogP contribution in [0.1, 0.15) is 23.7 Å². The summed E-state index contributed by atoms with van der Waals surface area (Å²) in [7, 11) is 0. The first-order chi connectivity index (χ1) is 6.27. The molecule has 5 nitrogen and oxygen atoms in total. The van der Waals surface area contributed by atoms with Gasteiger partial charge in [-0.1, -0.05) is 6.92 Å². The summed E-state index contributed by atoms with van der Waals surface area (Å²) in [5.74, 6) is -0.213. The number of amides is 1. The summed E-state index contributed by atoms with van der Waals surface area (Å²) in [6.07, 6.45) is 3.67. The molecule has 3 N–H and O–H groups in total. The van der Waals surface area contributed by atoms with Crippen LogP contribution in [0, 0.1) is 0 Å². The van der Waals surface area contributed by atoms with Gasteiger partial charge in [0.2, 0.25) is 0 Å². The van der Waals surface area contributed by atoms with Crippen molar-refractivity contribution in [1.82, 2.24) is 15.5 Å². The number of aliphatic hydroxyl groups is 1. The van der Waals surface area contributed by atoms with E-state index >= 15 is 0 Å². The molecule has 0 saturated heterocycles. The molecular formula is C8H13N3O2. The van der Waals surface area contributed by atoms with Gasteiger partial charge in [0.25, 0.3) is 5.91 Å².